The van der Waals surface area contributed by atoms with Crippen LogP contribution in [0.2, 0.25) is 0 Å². The number of nitrogens with two attached hydrogens (primary N) is 1. The average Bonchev–Trinajstić information content (AvgIpc) is 2.38. The van der Waals surface area contributed by atoms with E-state index in [2.05, 4.69) is 17.9 Å². The van der Waals surface area contributed by atoms with Gasteiger partial charge in [0, 0.05) is 31.1 Å². The fraction of sp³-hybridized carbons (Fsp3) is 0.786. The van der Waals surface area contributed by atoms with Gasteiger partial charge >= 0.3 is 0 Å². The molecule has 0 bridgehead atoms. The Hall–Kier alpha value is -0.880. The van der Waals surface area contributed by atoms with Gasteiger partial charge in [-0.25, -0.2) is 0 Å². The van der Waals surface area contributed by atoms with Gasteiger partial charge in [-0.05, 0) is 19.3 Å². The topological polar surface area (TPSA) is 89.3 Å². The highest BCUT2D eigenvalue weighted by molar-refractivity contribution is 7.80. The summed E-state index contributed by atoms with van der Waals surface area (Å²) in [6, 6.07) is -0.649. The van der Waals surface area contributed by atoms with Crippen LogP contribution in [0.3, 0.4) is 0 Å². The van der Waals surface area contributed by atoms with Crippen molar-refractivity contribution in [2.75, 3.05) is 5.75 Å². The largest absolute Gasteiger partial charge is 0.345 e. The smallest absolute Gasteiger partial charge is 0.220 e. The molecule has 6 heteroatoms. The predicted molar refractivity (Wildman–Crippen MR) is 82.8 cm³/mol. The summed E-state index contributed by atoms with van der Waals surface area (Å²) in [6.07, 6.45) is 1.23. The number of hydrogen-bond acceptors (Lipinski definition) is 5. The first-order valence-electron chi connectivity index (χ1n) is 6.95. The fourth-order valence-corrected chi connectivity index (χ4v) is 1.89. The Kier molecular flexibility index (Phi) is 9.50. The van der Waals surface area contributed by atoms with Crippen LogP contribution in [0.4, 0.5) is 0 Å². The molecule has 20 heavy (non-hydrogen) atoms. The van der Waals surface area contributed by atoms with Crippen molar-refractivity contribution >= 4 is 30.1 Å². The van der Waals surface area contributed by atoms with E-state index >= 15 is 0 Å². The zero-order valence-electron chi connectivity index (χ0n) is 12.5. The fourth-order valence-electron chi connectivity index (χ4n) is 1.60. The van der Waals surface area contributed by atoms with Crippen LogP contribution < -0.4 is 11.1 Å². The van der Waals surface area contributed by atoms with Crippen molar-refractivity contribution in [3.63, 3.8) is 0 Å². The van der Waals surface area contributed by atoms with Gasteiger partial charge in [0.25, 0.3) is 0 Å². The molecule has 0 aliphatic rings. The molecule has 1 amide bonds. The molecule has 0 aliphatic heterocycles. The van der Waals surface area contributed by atoms with Crippen LogP contribution in [0.25, 0.3) is 0 Å². The molecule has 0 aromatic carbocycles. The third kappa shape index (κ3) is 8.32. The quantitative estimate of drug-likeness (QED) is 0.527. The van der Waals surface area contributed by atoms with Gasteiger partial charge in [-0.15, -0.1) is 0 Å². The maximum absolute atomic E-state index is 11.8. The number of Topliss-reactive ketones (excluding diaryl/α,β-unsaturated/α-hetero) is 2. The second kappa shape index (κ2) is 9.94. The van der Waals surface area contributed by atoms with Gasteiger partial charge in [-0.1, -0.05) is 13.8 Å². The third-order valence-corrected chi connectivity index (χ3v) is 3.56. The Balaban J connectivity index is 4.18. The number of carbonyl (C=O) groups excluding carboxylic acids is 3. The SMILES string of the molecule is CC(=O)CCC(=O)C(CS)NC(=O)CCC(N)C(C)C. The molecule has 2 unspecified atom stereocenters. The van der Waals surface area contributed by atoms with Crippen molar-refractivity contribution in [1.29, 1.82) is 0 Å². The summed E-state index contributed by atoms with van der Waals surface area (Å²) in [7, 11) is 0. The van der Waals surface area contributed by atoms with E-state index in [1.165, 1.54) is 6.92 Å². The minimum atomic E-state index is -0.625. The highest BCUT2D eigenvalue weighted by Crippen LogP contribution is 2.06. The van der Waals surface area contributed by atoms with Gasteiger partial charge in [0.15, 0.2) is 5.78 Å². The van der Waals surface area contributed by atoms with Crippen molar-refractivity contribution in [2.45, 2.75) is 58.5 Å². The van der Waals surface area contributed by atoms with Crippen LogP contribution in [0.5, 0.6) is 0 Å². The molecule has 0 saturated heterocycles. The Morgan fingerprint density at radius 2 is 1.75 bits per heavy atom. The molecular weight excluding hydrogens is 276 g/mol. The number of ketones is 2. The molecule has 0 aliphatic carbocycles. The summed E-state index contributed by atoms with van der Waals surface area (Å²) in [5.74, 6) is 0.165. The molecule has 3 N–H and O–H groups in total. The van der Waals surface area contributed by atoms with Gasteiger partial charge in [-0.3, -0.25) is 9.59 Å². The van der Waals surface area contributed by atoms with Crippen LogP contribution in [0, 0.1) is 5.92 Å². The van der Waals surface area contributed by atoms with Crippen LogP contribution in [-0.4, -0.2) is 35.3 Å². The molecule has 0 heterocycles. The van der Waals surface area contributed by atoms with Gasteiger partial charge in [-0.2, -0.15) is 12.6 Å². The van der Waals surface area contributed by atoms with Crippen LogP contribution in [0.15, 0.2) is 0 Å². The highest BCUT2D eigenvalue weighted by atomic mass is 32.1. The van der Waals surface area contributed by atoms with Gasteiger partial charge in [0.1, 0.15) is 5.78 Å². The summed E-state index contributed by atoms with van der Waals surface area (Å²) < 4.78 is 0. The van der Waals surface area contributed by atoms with Gasteiger partial charge in [0.05, 0.1) is 6.04 Å². The van der Waals surface area contributed by atoms with E-state index < -0.39 is 6.04 Å². The molecular formula is C14H26N2O3S. The van der Waals surface area contributed by atoms with E-state index in [9.17, 15) is 14.4 Å². The van der Waals surface area contributed by atoms with E-state index in [0.717, 1.165) is 0 Å². The maximum Gasteiger partial charge on any atom is 0.220 e. The van der Waals surface area contributed by atoms with Crippen LogP contribution >= 0.6 is 12.6 Å². The Morgan fingerprint density at radius 3 is 2.20 bits per heavy atom. The van der Waals surface area contributed by atoms with E-state index in [-0.39, 0.29) is 42.1 Å². The molecule has 0 fully saturated rings. The Morgan fingerprint density at radius 1 is 1.15 bits per heavy atom. The summed E-state index contributed by atoms with van der Waals surface area (Å²) in [6.45, 7) is 5.45. The second-order valence-corrected chi connectivity index (χ2v) is 5.78. The summed E-state index contributed by atoms with van der Waals surface area (Å²) >= 11 is 4.07. The third-order valence-electron chi connectivity index (χ3n) is 3.19. The monoisotopic (exact) mass is 302 g/mol. The molecule has 0 radical (unpaired) electrons. The predicted octanol–water partition coefficient (Wildman–Crippen LogP) is 1.10. The lowest BCUT2D eigenvalue weighted by atomic mass is 10.00. The van der Waals surface area contributed by atoms with Gasteiger partial charge in [0.2, 0.25) is 5.91 Å². The molecule has 5 nitrogen and oxygen atoms in total. The lowest BCUT2D eigenvalue weighted by Gasteiger charge is -2.18. The number of carbonyl (C=O) groups is 3. The molecule has 116 valence electrons. The minimum Gasteiger partial charge on any atom is -0.345 e. The summed E-state index contributed by atoms with van der Waals surface area (Å²) in [5.41, 5.74) is 5.87. The van der Waals surface area contributed by atoms with Crippen molar-refractivity contribution in [2.24, 2.45) is 11.7 Å². The molecule has 0 saturated carbocycles. The highest BCUT2D eigenvalue weighted by Gasteiger charge is 2.20. The average molecular weight is 302 g/mol. The Labute approximate surface area is 126 Å². The minimum absolute atomic E-state index is 0.0244. The zero-order chi connectivity index (χ0) is 15.7. The van der Waals surface area contributed by atoms with E-state index in [0.29, 0.717) is 18.8 Å². The normalized spacial score (nSPS) is 13.9. The first-order valence-corrected chi connectivity index (χ1v) is 7.59. The Bertz CT molecular complexity index is 345. The zero-order valence-corrected chi connectivity index (χ0v) is 13.4. The number of rotatable bonds is 10. The van der Waals surface area contributed by atoms with Crippen molar-refractivity contribution in [3.05, 3.63) is 0 Å². The van der Waals surface area contributed by atoms with Crippen molar-refractivity contribution < 1.29 is 14.4 Å². The molecule has 0 spiro atoms. The maximum atomic E-state index is 11.8. The van der Waals surface area contributed by atoms with Crippen LogP contribution in [0.1, 0.15) is 46.5 Å². The van der Waals surface area contributed by atoms with Crippen molar-refractivity contribution in [3.8, 4) is 0 Å². The lowest BCUT2D eigenvalue weighted by molar-refractivity contribution is -0.128. The first-order chi connectivity index (χ1) is 9.27. The number of amides is 1. The lowest BCUT2D eigenvalue weighted by Crippen LogP contribution is -2.42. The number of hydrogen-bond donors (Lipinski definition) is 3. The standard InChI is InChI=1S/C14H26N2O3S/c1-9(2)11(15)5-7-14(19)16-12(8-20)13(18)6-4-10(3)17/h9,11-12,20H,4-8,15H2,1-3H3,(H,16,19). The number of thiol groups is 1. The van der Waals surface area contributed by atoms with Crippen LogP contribution in [-0.2, 0) is 14.4 Å². The van der Waals surface area contributed by atoms with E-state index in [1.54, 1.807) is 0 Å². The van der Waals surface area contributed by atoms with E-state index in [1.807, 2.05) is 13.8 Å². The molecule has 2 atom stereocenters. The summed E-state index contributed by atoms with van der Waals surface area (Å²) in [5, 5.41) is 2.65. The number of nitrogens with one attached hydrogen (secondary N) is 1. The molecule has 0 aromatic heterocycles. The summed E-state index contributed by atoms with van der Waals surface area (Å²) in [4.78, 5) is 34.4. The first kappa shape index (κ1) is 19.1. The van der Waals surface area contributed by atoms with E-state index in [4.69, 9.17) is 5.73 Å². The molecule has 0 rings (SSSR count). The van der Waals surface area contributed by atoms with Gasteiger partial charge < -0.3 is 15.8 Å². The van der Waals surface area contributed by atoms with Crippen molar-refractivity contribution in [1.82, 2.24) is 5.32 Å². The second-order valence-electron chi connectivity index (χ2n) is 5.42. The molecule has 0 aromatic rings.